The predicted octanol–water partition coefficient (Wildman–Crippen LogP) is 5.36. The number of fused-ring (bicyclic) bond motifs is 2. The normalized spacial score (nSPS) is 23.9. The highest BCUT2D eigenvalue weighted by Crippen LogP contribution is 2.46. The summed E-state index contributed by atoms with van der Waals surface area (Å²) < 4.78 is 25.9. The van der Waals surface area contributed by atoms with E-state index in [-0.39, 0.29) is 42.2 Å². The third kappa shape index (κ3) is 4.68. The second-order valence-corrected chi connectivity index (χ2v) is 9.43. The molecule has 2 aromatic carbocycles. The zero-order chi connectivity index (χ0) is 22.9. The third-order valence-corrected chi connectivity index (χ3v) is 7.07. The van der Waals surface area contributed by atoms with Gasteiger partial charge in [0, 0.05) is 18.2 Å². The van der Waals surface area contributed by atoms with Crippen molar-refractivity contribution < 1.29 is 28.6 Å². The number of hydrogen-bond donors (Lipinski definition) is 1. The van der Waals surface area contributed by atoms with Gasteiger partial charge in [0.05, 0.1) is 12.2 Å². The van der Waals surface area contributed by atoms with Gasteiger partial charge < -0.3 is 19.5 Å². The minimum absolute atomic E-state index is 0.134. The number of carboxylic acid groups (broad SMARTS) is 1. The maximum Gasteiger partial charge on any atom is 0.410 e. The Bertz CT molecular complexity index is 1020. The maximum absolute atomic E-state index is 14.3. The number of carboxylic acids is 1. The minimum atomic E-state index is -1.26. The average Bonchev–Trinajstić information content (AvgIpc) is 3.61. The quantitative estimate of drug-likeness (QED) is 0.611. The van der Waals surface area contributed by atoms with E-state index < -0.39 is 11.8 Å². The molecule has 2 saturated heterocycles. The van der Waals surface area contributed by atoms with Gasteiger partial charge in [-0.2, -0.15) is 0 Å². The molecule has 1 saturated carbocycles. The lowest BCUT2D eigenvalue weighted by Crippen LogP contribution is -2.47. The van der Waals surface area contributed by atoms with Gasteiger partial charge in [-0.25, -0.2) is 14.0 Å². The third-order valence-electron chi connectivity index (χ3n) is 7.07. The molecule has 3 aliphatic rings. The van der Waals surface area contributed by atoms with Crippen LogP contribution in [0.25, 0.3) is 0 Å². The van der Waals surface area contributed by atoms with Crippen molar-refractivity contribution >= 4 is 12.1 Å². The van der Waals surface area contributed by atoms with E-state index in [9.17, 15) is 19.1 Å². The van der Waals surface area contributed by atoms with E-state index in [2.05, 4.69) is 0 Å². The first-order valence-corrected chi connectivity index (χ1v) is 11.7. The molecule has 5 rings (SSSR count). The van der Waals surface area contributed by atoms with E-state index in [4.69, 9.17) is 9.47 Å². The van der Waals surface area contributed by atoms with E-state index in [0.717, 1.165) is 49.7 Å². The van der Waals surface area contributed by atoms with Crippen molar-refractivity contribution in [2.45, 2.75) is 63.1 Å². The van der Waals surface area contributed by atoms with Crippen LogP contribution in [0, 0.1) is 11.7 Å². The Morgan fingerprint density at radius 1 is 1.03 bits per heavy atom. The first-order valence-electron chi connectivity index (χ1n) is 11.7. The number of halogens is 1. The van der Waals surface area contributed by atoms with Crippen LogP contribution in [0.3, 0.4) is 0 Å². The summed E-state index contributed by atoms with van der Waals surface area (Å²) in [6.07, 6.45) is 5.24. The summed E-state index contributed by atoms with van der Waals surface area (Å²) in [5.74, 6) is -1.06. The zero-order valence-corrected chi connectivity index (χ0v) is 18.4. The molecule has 1 N–H and O–H groups in total. The number of nitrogens with zero attached hydrogens (tertiary/aromatic N) is 1. The molecule has 1 aliphatic carbocycles. The highest BCUT2D eigenvalue weighted by atomic mass is 19.1. The number of aromatic carboxylic acids is 1. The van der Waals surface area contributed by atoms with Crippen molar-refractivity contribution in [1.82, 2.24) is 4.90 Å². The Balaban J connectivity index is 1.19. The Kier molecular flexibility index (Phi) is 5.96. The highest BCUT2D eigenvalue weighted by Gasteiger charge is 2.44. The summed E-state index contributed by atoms with van der Waals surface area (Å²) >= 11 is 0. The molecule has 2 aromatic rings. The lowest BCUT2D eigenvalue weighted by molar-refractivity contribution is 0.0449. The van der Waals surface area contributed by atoms with Crippen LogP contribution in [-0.4, -0.2) is 40.8 Å². The van der Waals surface area contributed by atoms with Gasteiger partial charge in [0.25, 0.3) is 0 Å². The largest absolute Gasteiger partial charge is 0.493 e. The minimum Gasteiger partial charge on any atom is -0.493 e. The molecule has 2 heterocycles. The van der Waals surface area contributed by atoms with Crippen molar-refractivity contribution in [3.8, 4) is 5.75 Å². The van der Waals surface area contributed by atoms with E-state index in [1.807, 2.05) is 35.2 Å². The molecule has 0 aromatic heterocycles. The number of rotatable bonds is 7. The zero-order valence-electron chi connectivity index (χ0n) is 18.4. The van der Waals surface area contributed by atoms with E-state index in [1.165, 1.54) is 12.1 Å². The molecule has 7 heteroatoms. The SMILES string of the molecule is O=C(O)c1cc(C2CC2)c(OC[C@@H]2C[C@H]3CC[C@@H](C2)N3C(=O)OCc2ccccc2)cc1F. The van der Waals surface area contributed by atoms with Gasteiger partial charge >= 0.3 is 12.1 Å². The monoisotopic (exact) mass is 453 g/mol. The Morgan fingerprint density at radius 3 is 2.36 bits per heavy atom. The second-order valence-electron chi connectivity index (χ2n) is 9.43. The van der Waals surface area contributed by atoms with Gasteiger partial charge in [0.1, 0.15) is 18.2 Å². The van der Waals surface area contributed by atoms with Crippen molar-refractivity contribution in [3.63, 3.8) is 0 Å². The first kappa shape index (κ1) is 21.7. The number of ether oxygens (including phenoxy) is 2. The summed E-state index contributed by atoms with van der Waals surface area (Å²) in [6.45, 7) is 0.704. The highest BCUT2D eigenvalue weighted by molar-refractivity contribution is 5.88. The molecular formula is C26H28FNO5. The van der Waals surface area contributed by atoms with Gasteiger partial charge in [-0.05, 0) is 67.6 Å². The molecule has 2 aliphatic heterocycles. The molecule has 2 bridgehead atoms. The van der Waals surface area contributed by atoms with E-state index >= 15 is 0 Å². The maximum atomic E-state index is 14.3. The van der Waals surface area contributed by atoms with Crippen LogP contribution in [0.15, 0.2) is 42.5 Å². The Morgan fingerprint density at radius 2 is 1.73 bits per heavy atom. The second kappa shape index (κ2) is 9.04. The molecule has 0 radical (unpaired) electrons. The van der Waals surface area contributed by atoms with Crippen LogP contribution in [0.5, 0.6) is 5.75 Å². The standard InChI is InChI=1S/C26H28FNO5/c27-23-13-24(21(18-6-7-18)12-22(23)25(29)30)32-15-17-10-19-8-9-20(11-17)28(19)26(31)33-14-16-4-2-1-3-5-16/h1-5,12-13,17-20H,6-11,14-15H2,(H,29,30)/t17-,19-,20+. The predicted molar refractivity (Wildman–Crippen MR) is 119 cm³/mol. The number of amides is 1. The molecule has 6 nitrogen and oxygen atoms in total. The smallest absolute Gasteiger partial charge is 0.410 e. The molecule has 3 atom stereocenters. The number of hydrogen-bond acceptors (Lipinski definition) is 4. The van der Waals surface area contributed by atoms with Gasteiger partial charge in [-0.3, -0.25) is 0 Å². The van der Waals surface area contributed by atoms with Crippen LogP contribution in [0.4, 0.5) is 9.18 Å². The Hall–Kier alpha value is -3.09. The lowest BCUT2D eigenvalue weighted by Gasteiger charge is -2.38. The molecule has 33 heavy (non-hydrogen) atoms. The van der Waals surface area contributed by atoms with Crippen LogP contribution >= 0.6 is 0 Å². The van der Waals surface area contributed by atoms with Crippen molar-refractivity contribution in [2.24, 2.45) is 5.92 Å². The van der Waals surface area contributed by atoms with E-state index in [0.29, 0.717) is 12.4 Å². The van der Waals surface area contributed by atoms with Gasteiger partial charge in [-0.15, -0.1) is 0 Å². The molecular weight excluding hydrogens is 425 g/mol. The summed E-state index contributed by atoms with van der Waals surface area (Å²) in [4.78, 5) is 26.0. The molecule has 0 unspecified atom stereocenters. The van der Waals surface area contributed by atoms with Gasteiger partial charge in [0.2, 0.25) is 0 Å². The molecule has 0 spiro atoms. The fraction of sp³-hybridized carbons (Fsp3) is 0.462. The number of carbonyl (C=O) groups excluding carboxylic acids is 1. The van der Waals surface area contributed by atoms with Crippen LogP contribution in [-0.2, 0) is 11.3 Å². The first-order chi connectivity index (χ1) is 16.0. The van der Waals surface area contributed by atoms with Crippen LogP contribution in [0.1, 0.15) is 65.9 Å². The van der Waals surface area contributed by atoms with Crippen LogP contribution < -0.4 is 4.74 Å². The average molecular weight is 454 g/mol. The fourth-order valence-corrected chi connectivity index (χ4v) is 5.30. The summed E-state index contributed by atoms with van der Waals surface area (Å²) in [7, 11) is 0. The summed E-state index contributed by atoms with van der Waals surface area (Å²) in [6, 6.07) is 12.6. The number of carbonyl (C=O) groups is 2. The van der Waals surface area contributed by atoms with Crippen molar-refractivity contribution in [3.05, 3.63) is 65.0 Å². The van der Waals surface area contributed by atoms with Gasteiger partial charge in [0.15, 0.2) is 0 Å². The molecule has 3 fully saturated rings. The summed E-state index contributed by atoms with van der Waals surface area (Å²) in [5, 5.41) is 9.23. The molecule has 1 amide bonds. The van der Waals surface area contributed by atoms with Crippen LogP contribution in [0.2, 0.25) is 0 Å². The topological polar surface area (TPSA) is 76.1 Å². The Labute approximate surface area is 192 Å². The van der Waals surface area contributed by atoms with Crippen molar-refractivity contribution in [2.75, 3.05) is 6.61 Å². The number of benzene rings is 2. The van der Waals surface area contributed by atoms with E-state index in [1.54, 1.807) is 0 Å². The fourth-order valence-electron chi connectivity index (χ4n) is 5.30. The molecule has 174 valence electrons. The van der Waals surface area contributed by atoms with Gasteiger partial charge in [-0.1, -0.05) is 30.3 Å². The van der Waals surface area contributed by atoms with Crippen molar-refractivity contribution in [1.29, 1.82) is 0 Å². The summed E-state index contributed by atoms with van der Waals surface area (Å²) in [5.41, 5.74) is 1.46. The number of piperidine rings is 1. The lowest BCUT2D eigenvalue weighted by atomic mass is 9.91.